The zero-order valence-corrected chi connectivity index (χ0v) is 12.7. The van der Waals surface area contributed by atoms with Gasteiger partial charge in [-0.1, -0.05) is 0 Å². The van der Waals surface area contributed by atoms with Gasteiger partial charge in [0.2, 0.25) is 10.0 Å². The highest BCUT2D eigenvalue weighted by atomic mass is 32.2. The van der Waals surface area contributed by atoms with Gasteiger partial charge in [-0.05, 0) is 32.3 Å². The summed E-state index contributed by atoms with van der Waals surface area (Å²) in [4.78, 5) is 0.189. The zero-order chi connectivity index (χ0) is 14.8. The number of hydrogen-bond acceptors (Lipinski definition) is 4. The number of aliphatic hydroxyl groups excluding tert-OH is 1. The van der Waals surface area contributed by atoms with Crippen LogP contribution in [0.1, 0.15) is 31.9 Å². The van der Waals surface area contributed by atoms with E-state index in [1.54, 1.807) is 17.9 Å². The molecule has 1 heterocycles. The van der Waals surface area contributed by atoms with E-state index in [4.69, 9.17) is 4.74 Å². The average molecular weight is 302 g/mol. The molecule has 1 fully saturated rings. The van der Waals surface area contributed by atoms with Crippen molar-refractivity contribution in [2.24, 2.45) is 0 Å². The molecule has 1 aromatic rings. The molecule has 0 spiro atoms. The lowest BCUT2D eigenvalue weighted by Gasteiger charge is -2.40. The number of aromatic nitrogens is 1. The fraction of sp³-hybridized carbons (Fsp3) is 0.692. The summed E-state index contributed by atoms with van der Waals surface area (Å²) in [5.74, 6) is 0. The molecule has 7 heteroatoms. The van der Waals surface area contributed by atoms with Gasteiger partial charge in [0, 0.05) is 32.1 Å². The Kier molecular flexibility index (Phi) is 4.53. The molecule has 0 saturated heterocycles. The summed E-state index contributed by atoms with van der Waals surface area (Å²) in [6.45, 7) is 2.63. The molecule has 114 valence electrons. The average Bonchev–Trinajstić information content (AvgIpc) is 2.82. The molecule has 6 nitrogen and oxygen atoms in total. The second-order valence-electron chi connectivity index (χ2n) is 5.18. The summed E-state index contributed by atoms with van der Waals surface area (Å²) in [7, 11) is -1.95. The predicted molar refractivity (Wildman–Crippen MR) is 74.8 cm³/mol. The standard InChI is InChI=1S/C13H22N2O4S/c1-3-15-8-12(7-11(15)9-16)20(17,18)14-10-13(19-2)5-4-6-13/h7-8,14,16H,3-6,9-10H2,1-2H3. The molecule has 20 heavy (non-hydrogen) atoms. The van der Waals surface area contributed by atoms with E-state index < -0.39 is 10.0 Å². The largest absolute Gasteiger partial charge is 0.390 e. The van der Waals surface area contributed by atoms with Crippen molar-refractivity contribution in [3.63, 3.8) is 0 Å². The molecule has 2 rings (SSSR count). The maximum atomic E-state index is 12.3. The lowest BCUT2D eigenvalue weighted by molar-refractivity contribution is -0.0659. The van der Waals surface area contributed by atoms with Gasteiger partial charge in [-0.15, -0.1) is 0 Å². The van der Waals surface area contributed by atoms with Crippen molar-refractivity contribution in [3.05, 3.63) is 18.0 Å². The number of ether oxygens (including phenoxy) is 1. The van der Waals surface area contributed by atoms with E-state index in [1.807, 2.05) is 6.92 Å². The lowest BCUT2D eigenvalue weighted by Crippen LogP contribution is -2.49. The Hall–Kier alpha value is -0.890. The fourth-order valence-electron chi connectivity index (χ4n) is 2.43. The van der Waals surface area contributed by atoms with Gasteiger partial charge >= 0.3 is 0 Å². The van der Waals surface area contributed by atoms with Crippen LogP contribution in [0.5, 0.6) is 0 Å². The first-order chi connectivity index (χ1) is 9.46. The van der Waals surface area contributed by atoms with Crippen LogP contribution in [0.4, 0.5) is 0 Å². The van der Waals surface area contributed by atoms with Crippen LogP contribution >= 0.6 is 0 Å². The summed E-state index contributed by atoms with van der Waals surface area (Å²) in [6, 6.07) is 1.51. The first kappa shape index (κ1) is 15.5. The van der Waals surface area contributed by atoms with E-state index in [-0.39, 0.29) is 23.6 Å². The summed E-state index contributed by atoms with van der Waals surface area (Å²) in [5, 5.41) is 9.22. The van der Waals surface area contributed by atoms with Crippen LogP contribution in [0.25, 0.3) is 0 Å². The third-order valence-corrected chi connectivity index (χ3v) is 5.42. The topological polar surface area (TPSA) is 80.6 Å². The monoisotopic (exact) mass is 302 g/mol. The predicted octanol–water partition coefficient (Wildman–Crippen LogP) is 0.848. The molecule has 0 aromatic carbocycles. The summed E-state index contributed by atoms with van der Waals surface area (Å²) in [6.07, 6.45) is 4.37. The summed E-state index contributed by atoms with van der Waals surface area (Å²) in [5.41, 5.74) is 0.248. The van der Waals surface area contributed by atoms with Crippen molar-refractivity contribution in [1.29, 1.82) is 0 Å². The van der Waals surface area contributed by atoms with E-state index in [0.717, 1.165) is 19.3 Å². The first-order valence-corrected chi connectivity index (χ1v) is 8.29. The van der Waals surface area contributed by atoms with Gasteiger partial charge in [0.15, 0.2) is 0 Å². The Balaban J connectivity index is 2.12. The zero-order valence-electron chi connectivity index (χ0n) is 11.9. The van der Waals surface area contributed by atoms with E-state index >= 15 is 0 Å². The first-order valence-electron chi connectivity index (χ1n) is 6.81. The molecule has 0 aliphatic heterocycles. The Morgan fingerprint density at radius 2 is 2.20 bits per heavy atom. The molecule has 1 aromatic heterocycles. The highest BCUT2D eigenvalue weighted by Gasteiger charge is 2.38. The maximum absolute atomic E-state index is 12.3. The van der Waals surface area contributed by atoms with Crippen molar-refractivity contribution in [2.75, 3.05) is 13.7 Å². The van der Waals surface area contributed by atoms with Gasteiger partial charge in [-0.2, -0.15) is 0 Å². The summed E-state index contributed by atoms with van der Waals surface area (Å²) < 4.78 is 34.3. The summed E-state index contributed by atoms with van der Waals surface area (Å²) >= 11 is 0. The Labute approximate surface area is 119 Å². The number of aryl methyl sites for hydroxylation is 1. The normalized spacial score (nSPS) is 17.9. The van der Waals surface area contributed by atoms with Gasteiger partial charge in [0.1, 0.15) is 0 Å². The highest BCUT2D eigenvalue weighted by molar-refractivity contribution is 7.89. The Morgan fingerprint density at radius 3 is 2.60 bits per heavy atom. The van der Waals surface area contributed by atoms with Crippen LogP contribution in [0.15, 0.2) is 17.2 Å². The van der Waals surface area contributed by atoms with E-state index in [9.17, 15) is 13.5 Å². The second-order valence-corrected chi connectivity index (χ2v) is 6.94. The van der Waals surface area contributed by atoms with E-state index in [2.05, 4.69) is 4.72 Å². The third kappa shape index (κ3) is 2.90. The smallest absolute Gasteiger partial charge is 0.242 e. The van der Waals surface area contributed by atoms with Crippen LogP contribution in [-0.4, -0.2) is 37.3 Å². The van der Waals surface area contributed by atoms with Gasteiger partial charge in [-0.3, -0.25) is 0 Å². The maximum Gasteiger partial charge on any atom is 0.242 e. The molecule has 0 amide bonds. The molecule has 0 atom stereocenters. The van der Waals surface area contributed by atoms with Crippen molar-refractivity contribution in [1.82, 2.24) is 9.29 Å². The van der Waals surface area contributed by atoms with Crippen LogP contribution in [0, 0.1) is 0 Å². The quantitative estimate of drug-likeness (QED) is 0.782. The fourth-order valence-corrected chi connectivity index (χ4v) is 3.61. The van der Waals surface area contributed by atoms with Crippen LogP contribution < -0.4 is 4.72 Å². The van der Waals surface area contributed by atoms with Crippen molar-refractivity contribution >= 4 is 10.0 Å². The lowest BCUT2D eigenvalue weighted by atomic mass is 9.80. The van der Waals surface area contributed by atoms with Crippen LogP contribution in [0.2, 0.25) is 0 Å². The number of aliphatic hydroxyl groups is 1. The molecular weight excluding hydrogens is 280 g/mol. The second kappa shape index (κ2) is 5.85. The molecule has 2 N–H and O–H groups in total. The minimum atomic E-state index is -3.56. The molecule has 0 radical (unpaired) electrons. The third-order valence-electron chi connectivity index (χ3n) is 4.06. The van der Waals surface area contributed by atoms with Gasteiger partial charge in [0.05, 0.1) is 17.1 Å². The van der Waals surface area contributed by atoms with Gasteiger partial charge < -0.3 is 14.4 Å². The molecule has 1 saturated carbocycles. The molecule has 1 aliphatic rings. The Bertz CT molecular complexity index is 534. The number of sulfonamides is 1. The van der Waals surface area contributed by atoms with Gasteiger partial charge in [0.25, 0.3) is 0 Å². The van der Waals surface area contributed by atoms with Gasteiger partial charge in [-0.25, -0.2) is 13.1 Å². The molecular formula is C13H22N2O4S. The molecule has 1 aliphatic carbocycles. The molecule has 0 unspecified atom stereocenters. The van der Waals surface area contributed by atoms with Crippen molar-refractivity contribution in [2.45, 2.75) is 49.8 Å². The van der Waals surface area contributed by atoms with Crippen molar-refractivity contribution in [3.8, 4) is 0 Å². The molecule has 0 bridgehead atoms. The van der Waals surface area contributed by atoms with E-state index in [1.165, 1.54) is 6.07 Å². The number of hydrogen-bond donors (Lipinski definition) is 2. The van der Waals surface area contributed by atoms with Crippen molar-refractivity contribution < 1.29 is 18.3 Å². The van der Waals surface area contributed by atoms with Crippen LogP contribution in [0.3, 0.4) is 0 Å². The SMILES string of the molecule is CCn1cc(S(=O)(=O)NCC2(OC)CCC2)cc1CO. The number of methoxy groups -OCH3 is 1. The minimum absolute atomic E-state index is 0.175. The number of nitrogens with one attached hydrogen (secondary N) is 1. The number of rotatable bonds is 7. The Morgan fingerprint density at radius 1 is 1.50 bits per heavy atom. The highest BCUT2D eigenvalue weighted by Crippen LogP contribution is 2.34. The minimum Gasteiger partial charge on any atom is -0.390 e. The van der Waals surface area contributed by atoms with Crippen LogP contribution in [-0.2, 0) is 27.9 Å². The van der Waals surface area contributed by atoms with E-state index in [0.29, 0.717) is 12.2 Å². The number of nitrogens with zero attached hydrogens (tertiary/aromatic N) is 1.